The van der Waals surface area contributed by atoms with Crippen molar-refractivity contribution in [3.8, 4) is 0 Å². The Labute approximate surface area is 121 Å². The van der Waals surface area contributed by atoms with Gasteiger partial charge in [0.15, 0.2) is 5.13 Å². The summed E-state index contributed by atoms with van der Waals surface area (Å²) in [6.45, 7) is 5.82. The van der Waals surface area contributed by atoms with Crippen LogP contribution in [0.4, 0.5) is 16.6 Å². The summed E-state index contributed by atoms with van der Waals surface area (Å²) >= 11 is 1.24. The number of aryl methyl sites for hydroxylation is 2. The average Bonchev–Trinajstić information content (AvgIpc) is 2.81. The predicted molar refractivity (Wildman–Crippen MR) is 81.2 cm³/mol. The molecule has 4 N–H and O–H groups in total. The van der Waals surface area contributed by atoms with Gasteiger partial charge in [0.05, 0.1) is 11.4 Å². The van der Waals surface area contributed by atoms with Crippen molar-refractivity contribution in [2.45, 2.75) is 26.8 Å². The van der Waals surface area contributed by atoms with E-state index >= 15 is 0 Å². The third kappa shape index (κ3) is 3.08. The normalized spacial score (nSPS) is 10.8. The molecule has 108 valence electrons. The molecule has 2 aromatic heterocycles. The van der Waals surface area contributed by atoms with E-state index in [4.69, 9.17) is 5.73 Å². The number of thiazole rings is 1. The van der Waals surface area contributed by atoms with Gasteiger partial charge in [0.1, 0.15) is 10.7 Å². The summed E-state index contributed by atoms with van der Waals surface area (Å²) in [5, 5.41) is 10.7. The minimum absolute atomic E-state index is 0.233. The Morgan fingerprint density at radius 3 is 2.75 bits per heavy atom. The van der Waals surface area contributed by atoms with Gasteiger partial charge < -0.3 is 16.4 Å². The lowest BCUT2D eigenvalue weighted by atomic mass is 10.4. The lowest BCUT2D eigenvalue weighted by molar-refractivity contribution is 0.103. The van der Waals surface area contributed by atoms with Gasteiger partial charge in [0, 0.05) is 19.3 Å². The standard InChI is InChI=1S/C12H18N6OS/c1-6(2)14-12-16-10(13)9(20-12)11(19)15-8-5-18(4)17-7(8)3/h5-6H,13H2,1-4H3,(H,14,16)(H,15,19). The topological polar surface area (TPSA) is 97.9 Å². The number of nitrogen functional groups attached to an aromatic ring is 1. The molecule has 7 nitrogen and oxygen atoms in total. The molecule has 0 atom stereocenters. The first-order valence-corrected chi connectivity index (χ1v) is 7.03. The molecule has 0 saturated heterocycles. The molecule has 8 heteroatoms. The number of nitrogens with zero attached hydrogens (tertiary/aromatic N) is 3. The quantitative estimate of drug-likeness (QED) is 0.799. The average molecular weight is 294 g/mol. The van der Waals surface area contributed by atoms with Crippen LogP contribution in [-0.4, -0.2) is 26.7 Å². The summed E-state index contributed by atoms with van der Waals surface area (Å²) in [6, 6.07) is 0.233. The van der Waals surface area contributed by atoms with Crippen molar-refractivity contribution in [2.75, 3.05) is 16.4 Å². The van der Waals surface area contributed by atoms with Crippen LogP contribution in [0.5, 0.6) is 0 Å². The summed E-state index contributed by atoms with van der Waals surface area (Å²) < 4.78 is 1.65. The molecule has 0 unspecified atom stereocenters. The van der Waals surface area contributed by atoms with Crippen molar-refractivity contribution in [1.82, 2.24) is 14.8 Å². The minimum Gasteiger partial charge on any atom is -0.382 e. The number of rotatable bonds is 4. The van der Waals surface area contributed by atoms with Gasteiger partial charge in [-0.2, -0.15) is 5.10 Å². The summed E-state index contributed by atoms with van der Waals surface area (Å²) in [6.07, 6.45) is 1.75. The third-order valence-corrected chi connectivity index (χ3v) is 3.53. The molecule has 0 spiro atoms. The van der Waals surface area contributed by atoms with Gasteiger partial charge in [-0.3, -0.25) is 9.48 Å². The molecule has 0 saturated carbocycles. The maximum absolute atomic E-state index is 12.2. The Morgan fingerprint density at radius 1 is 1.50 bits per heavy atom. The maximum atomic E-state index is 12.2. The first-order valence-electron chi connectivity index (χ1n) is 6.21. The van der Waals surface area contributed by atoms with E-state index < -0.39 is 0 Å². The van der Waals surface area contributed by atoms with Crippen LogP contribution in [0.3, 0.4) is 0 Å². The van der Waals surface area contributed by atoms with E-state index in [-0.39, 0.29) is 17.8 Å². The second kappa shape index (κ2) is 5.49. The van der Waals surface area contributed by atoms with Gasteiger partial charge in [0.2, 0.25) is 0 Å². The van der Waals surface area contributed by atoms with Gasteiger partial charge in [-0.25, -0.2) is 4.98 Å². The van der Waals surface area contributed by atoms with E-state index in [0.717, 1.165) is 5.69 Å². The molecule has 2 aromatic rings. The largest absolute Gasteiger partial charge is 0.382 e. The summed E-state index contributed by atoms with van der Waals surface area (Å²) in [4.78, 5) is 16.8. The Balaban J connectivity index is 2.17. The highest BCUT2D eigenvalue weighted by atomic mass is 32.1. The van der Waals surface area contributed by atoms with Crippen LogP contribution in [0.25, 0.3) is 0 Å². The zero-order valence-corrected chi connectivity index (χ0v) is 12.7. The van der Waals surface area contributed by atoms with Gasteiger partial charge in [-0.15, -0.1) is 0 Å². The smallest absolute Gasteiger partial charge is 0.269 e. The molecule has 20 heavy (non-hydrogen) atoms. The molecule has 0 aliphatic carbocycles. The Kier molecular flexibility index (Phi) is 3.93. The van der Waals surface area contributed by atoms with E-state index in [1.165, 1.54) is 11.3 Å². The third-order valence-electron chi connectivity index (χ3n) is 2.53. The van der Waals surface area contributed by atoms with Gasteiger partial charge in [-0.05, 0) is 20.8 Å². The van der Waals surface area contributed by atoms with E-state index in [9.17, 15) is 4.79 Å². The Hall–Kier alpha value is -2.09. The molecular weight excluding hydrogens is 276 g/mol. The van der Waals surface area contributed by atoms with Crippen LogP contribution >= 0.6 is 11.3 Å². The van der Waals surface area contributed by atoms with Crippen LogP contribution in [0, 0.1) is 6.92 Å². The zero-order valence-electron chi connectivity index (χ0n) is 11.9. The number of carbonyl (C=O) groups is 1. The molecule has 0 bridgehead atoms. The second-order valence-corrected chi connectivity index (χ2v) is 5.79. The van der Waals surface area contributed by atoms with Crippen LogP contribution in [0.1, 0.15) is 29.2 Å². The predicted octanol–water partition coefficient (Wildman–Crippen LogP) is 1.84. The van der Waals surface area contributed by atoms with Crippen LogP contribution in [-0.2, 0) is 7.05 Å². The van der Waals surface area contributed by atoms with Crippen molar-refractivity contribution in [3.63, 3.8) is 0 Å². The van der Waals surface area contributed by atoms with E-state index in [1.807, 2.05) is 20.8 Å². The molecule has 1 amide bonds. The molecule has 2 heterocycles. The van der Waals surface area contributed by atoms with E-state index in [2.05, 4.69) is 20.7 Å². The number of nitrogens with two attached hydrogens (primary N) is 1. The fourth-order valence-corrected chi connectivity index (χ4v) is 2.63. The van der Waals surface area contributed by atoms with Crippen molar-refractivity contribution in [2.24, 2.45) is 7.05 Å². The van der Waals surface area contributed by atoms with E-state index in [1.54, 1.807) is 17.9 Å². The highest BCUT2D eigenvalue weighted by Crippen LogP contribution is 2.26. The number of nitrogens with one attached hydrogen (secondary N) is 2. The SMILES string of the molecule is Cc1nn(C)cc1NC(=O)c1sc(NC(C)C)nc1N. The molecule has 0 radical (unpaired) electrons. The molecule has 0 aliphatic rings. The highest BCUT2D eigenvalue weighted by molar-refractivity contribution is 7.18. The Morgan fingerprint density at radius 2 is 2.20 bits per heavy atom. The zero-order chi connectivity index (χ0) is 14.9. The number of amides is 1. The second-order valence-electron chi connectivity index (χ2n) is 4.79. The van der Waals surface area contributed by atoms with Gasteiger partial charge in [-0.1, -0.05) is 11.3 Å². The monoisotopic (exact) mass is 294 g/mol. The molecule has 0 aliphatic heterocycles. The van der Waals surface area contributed by atoms with Crippen LogP contribution in [0.15, 0.2) is 6.20 Å². The van der Waals surface area contributed by atoms with Gasteiger partial charge >= 0.3 is 0 Å². The molecular formula is C12H18N6OS. The number of aromatic nitrogens is 3. The number of hydrogen-bond acceptors (Lipinski definition) is 6. The molecule has 0 fully saturated rings. The molecule has 2 rings (SSSR count). The molecule has 0 aromatic carbocycles. The van der Waals surface area contributed by atoms with Crippen molar-refractivity contribution < 1.29 is 4.79 Å². The number of anilines is 3. The summed E-state index contributed by atoms with van der Waals surface area (Å²) in [7, 11) is 1.80. The van der Waals surface area contributed by atoms with Gasteiger partial charge in [0.25, 0.3) is 5.91 Å². The minimum atomic E-state index is -0.270. The fraction of sp³-hybridized carbons (Fsp3) is 0.417. The van der Waals surface area contributed by atoms with Crippen LogP contribution < -0.4 is 16.4 Å². The first kappa shape index (κ1) is 14.3. The van der Waals surface area contributed by atoms with E-state index in [0.29, 0.717) is 15.7 Å². The Bertz CT molecular complexity index is 630. The van der Waals surface area contributed by atoms with Crippen molar-refractivity contribution in [3.05, 3.63) is 16.8 Å². The summed E-state index contributed by atoms with van der Waals surface area (Å²) in [5.74, 6) is -0.0369. The fourth-order valence-electron chi connectivity index (χ4n) is 1.70. The van der Waals surface area contributed by atoms with Crippen molar-refractivity contribution in [1.29, 1.82) is 0 Å². The lowest BCUT2D eigenvalue weighted by Gasteiger charge is -2.04. The maximum Gasteiger partial charge on any atom is 0.269 e. The van der Waals surface area contributed by atoms with Crippen molar-refractivity contribution >= 4 is 33.9 Å². The lowest BCUT2D eigenvalue weighted by Crippen LogP contribution is -2.12. The highest BCUT2D eigenvalue weighted by Gasteiger charge is 2.18. The number of hydrogen-bond donors (Lipinski definition) is 3. The number of carbonyl (C=O) groups excluding carboxylic acids is 1. The summed E-state index contributed by atoms with van der Waals surface area (Å²) in [5.41, 5.74) is 7.22. The first-order chi connectivity index (χ1) is 9.36. The van der Waals surface area contributed by atoms with Crippen LogP contribution in [0.2, 0.25) is 0 Å².